The second-order valence-electron chi connectivity index (χ2n) is 5.64. The minimum atomic E-state index is 0.928. The summed E-state index contributed by atoms with van der Waals surface area (Å²) in [5.41, 5.74) is 2.77. The van der Waals surface area contributed by atoms with Gasteiger partial charge in [-0.2, -0.15) is 0 Å². The first-order valence-corrected chi connectivity index (χ1v) is 8.99. The fourth-order valence-electron chi connectivity index (χ4n) is 2.78. The van der Waals surface area contributed by atoms with Crippen molar-refractivity contribution in [2.24, 2.45) is 5.92 Å². The molecule has 4 heteroatoms. The molecule has 3 rings (SSSR count). The van der Waals surface area contributed by atoms with Crippen molar-refractivity contribution < 1.29 is 0 Å². The Balaban J connectivity index is 1.65. The average Bonchev–Trinajstić information content (AvgIpc) is 3.23. The Hall–Kier alpha value is -0.0600. The Morgan fingerprint density at radius 2 is 1.84 bits per heavy atom. The molecular weight excluding hydrogens is 368 g/mol. The maximum Gasteiger partial charge on any atom is 0.0419 e. The monoisotopic (exact) mass is 386 g/mol. The van der Waals surface area contributed by atoms with Crippen molar-refractivity contribution >= 4 is 37.5 Å². The third-order valence-corrected chi connectivity index (χ3v) is 5.21. The highest BCUT2D eigenvalue weighted by molar-refractivity contribution is 9.10. The van der Waals surface area contributed by atoms with Gasteiger partial charge in [0.25, 0.3) is 0 Å². The van der Waals surface area contributed by atoms with Crippen molar-refractivity contribution in [2.75, 3.05) is 37.6 Å². The second-order valence-corrected chi connectivity index (χ2v) is 7.11. The van der Waals surface area contributed by atoms with Gasteiger partial charge in [-0.05, 0) is 36.5 Å². The topological polar surface area (TPSA) is 6.48 Å². The standard InChI is InChI=1S/C15H20Br2N2/c16-10-13-3-4-14(17)9-15(13)19-7-5-18(6-8-19)11-12-1-2-12/h3-4,9,12H,1-2,5-8,10-11H2. The summed E-state index contributed by atoms with van der Waals surface area (Å²) in [7, 11) is 0. The molecule has 1 saturated carbocycles. The van der Waals surface area contributed by atoms with Crippen molar-refractivity contribution in [1.82, 2.24) is 4.90 Å². The zero-order valence-electron chi connectivity index (χ0n) is 11.1. The first-order valence-electron chi connectivity index (χ1n) is 7.08. The van der Waals surface area contributed by atoms with Gasteiger partial charge in [0.15, 0.2) is 0 Å². The molecule has 0 N–H and O–H groups in total. The number of piperazine rings is 1. The highest BCUT2D eigenvalue weighted by Crippen LogP contribution is 2.31. The molecule has 2 aliphatic rings. The van der Waals surface area contributed by atoms with Crippen LogP contribution < -0.4 is 4.90 Å². The molecule has 1 aromatic carbocycles. The maximum absolute atomic E-state index is 3.60. The van der Waals surface area contributed by atoms with Gasteiger partial charge in [0.1, 0.15) is 0 Å². The van der Waals surface area contributed by atoms with Crippen LogP contribution in [0.15, 0.2) is 22.7 Å². The predicted octanol–water partition coefficient (Wildman–Crippen LogP) is 3.88. The number of nitrogens with zero attached hydrogens (tertiary/aromatic N) is 2. The van der Waals surface area contributed by atoms with E-state index in [1.807, 2.05) is 0 Å². The summed E-state index contributed by atoms with van der Waals surface area (Å²) in [6.07, 6.45) is 2.92. The lowest BCUT2D eigenvalue weighted by Gasteiger charge is -2.37. The van der Waals surface area contributed by atoms with E-state index in [-0.39, 0.29) is 0 Å². The van der Waals surface area contributed by atoms with Crippen molar-refractivity contribution in [1.29, 1.82) is 0 Å². The van der Waals surface area contributed by atoms with E-state index in [2.05, 4.69) is 59.9 Å². The quantitative estimate of drug-likeness (QED) is 0.723. The van der Waals surface area contributed by atoms with E-state index in [0.29, 0.717) is 0 Å². The van der Waals surface area contributed by atoms with Gasteiger partial charge in [-0.25, -0.2) is 0 Å². The predicted molar refractivity (Wildman–Crippen MR) is 88.2 cm³/mol. The number of anilines is 1. The first-order chi connectivity index (χ1) is 9.26. The van der Waals surface area contributed by atoms with E-state index >= 15 is 0 Å². The van der Waals surface area contributed by atoms with E-state index in [1.54, 1.807) is 0 Å². The zero-order chi connectivity index (χ0) is 13.2. The van der Waals surface area contributed by atoms with Crippen LogP contribution in [0.4, 0.5) is 5.69 Å². The summed E-state index contributed by atoms with van der Waals surface area (Å²) in [6, 6.07) is 6.60. The molecule has 104 valence electrons. The summed E-state index contributed by atoms with van der Waals surface area (Å²) in [5, 5.41) is 0.928. The van der Waals surface area contributed by atoms with Gasteiger partial charge < -0.3 is 4.90 Å². The maximum atomic E-state index is 3.60. The number of alkyl halides is 1. The molecule has 0 amide bonds. The smallest absolute Gasteiger partial charge is 0.0419 e. The highest BCUT2D eigenvalue weighted by Gasteiger charge is 2.26. The minimum Gasteiger partial charge on any atom is -0.369 e. The van der Waals surface area contributed by atoms with Crippen molar-refractivity contribution in [3.8, 4) is 0 Å². The SMILES string of the molecule is BrCc1ccc(Br)cc1N1CCN(CC2CC2)CC1. The van der Waals surface area contributed by atoms with Gasteiger partial charge in [-0.1, -0.05) is 37.9 Å². The number of hydrogen-bond acceptors (Lipinski definition) is 2. The number of halogens is 2. The molecular formula is C15H20Br2N2. The van der Waals surface area contributed by atoms with Crippen LogP contribution in [0.2, 0.25) is 0 Å². The average molecular weight is 388 g/mol. The third kappa shape index (κ3) is 3.53. The molecule has 1 aliphatic heterocycles. The fourth-order valence-corrected chi connectivity index (χ4v) is 3.60. The van der Waals surface area contributed by atoms with Crippen LogP contribution >= 0.6 is 31.9 Å². The minimum absolute atomic E-state index is 0.928. The lowest BCUT2D eigenvalue weighted by atomic mass is 10.1. The highest BCUT2D eigenvalue weighted by atomic mass is 79.9. The number of hydrogen-bond donors (Lipinski definition) is 0. The molecule has 0 aromatic heterocycles. The van der Waals surface area contributed by atoms with Crippen LogP contribution in [-0.4, -0.2) is 37.6 Å². The molecule has 0 bridgehead atoms. The first kappa shape index (κ1) is 13.9. The zero-order valence-corrected chi connectivity index (χ0v) is 14.3. The third-order valence-electron chi connectivity index (χ3n) is 4.12. The van der Waals surface area contributed by atoms with Crippen LogP contribution in [-0.2, 0) is 5.33 Å². The van der Waals surface area contributed by atoms with Gasteiger partial charge >= 0.3 is 0 Å². The summed E-state index contributed by atoms with van der Waals surface area (Å²) in [4.78, 5) is 5.17. The molecule has 2 nitrogen and oxygen atoms in total. The summed E-state index contributed by atoms with van der Waals surface area (Å²) >= 11 is 7.19. The van der Waals surface area contributed by atoms with E-state index < -0.39 is 0 Å². The van der Waals surface area contributed by atoms with Gasteiger partial charge in [0.2, 0.25) is 0 Å². The van der Waals surface area contributed by atoms with Crippen LogP contribution in [0, 0.1) is 5.92 Å². The Kier molecular flexibility index (Phi) is 4.50. The van der Waals surface area contributed by atoms with Gasteiger partial charge in [-0.15, -0.1) is 0 Å². The van der Waals surface area contributed by atoms with Crippen molar-refractivity contribution in [2.45, 2.75) is 18.2 Å². The van der Waals surface area contributed by atoms with E-state index in [4.69, 9.17) is 0 Å². The van der Waals surface area contributed by atoms with Crippen LogP contribution in [0.3, 0.4) is 0 Å². The summed E-state index contributed by atoms with van der Waals surface area (Å²) < 4.78 is 1.17. The largest absolute Gasteiger partial charge is 0.369 e. The molecule has 19 heavy (non-hydrogen) atoms. The normalized spacial score (nSPS) is 20.8. The van der Waals surface area contributed by atoms with E-state index in [0.717, 1.165) is 24.3 Å². The molecule has 1 aromatic rings. The molecule has 0 atom stereocenters. The lowest BCUT2D eigenvalue weighted by Crippen LogP contribution is -2.47. The molecule has 1 aliphatic carbocycles. The molecule has 0 unspecified atom stereocenters. The number of benzene rings is 1. The lowest BCUT2D eigenvalue weighted by molar-refractivity contribution is 0.248. The molecule has 0 spiro atoms. The Morgan fingerprint density at radius 1 is 1.11 bits per heavy atom. The van der Waals surface area contributed by atoms with Crippen molar-refractivity contribution in [3.05, 3.63) is 28.2 Å². The molecule has 1 saturated heterocycles. The summed E-state index contributed by atoms with van der Waals surface area (Å²) in [5.74, 6) is 1.01. The van der Waals surface area contributed by atoms with Gasteiger partial charge in [0.05, 0.1) is 0 Å². The molecule has 0 radical (unpaired) electrons. The second kappa shape index (κ2) is 6.15. The van der Waals surface area contributed by atoms with Gasteiger partial charge in [0, 0.05) is 48.2 Å². The van der Waals surface area contributed by atoms with Gasteiger partial charge in [-0.3, -0.25) is 4.90 Å². The molecule has 1 heterocycles. The van der Waals surface area contributed by atoms with Crippen LogP contribution in [0.25, 0.3) is 0 Å². The summed E-state index contributed by atoms with van der Waals surface area (Å²) in [6.45, 7) is 6.07. The Morgan fingerprint density at radius 3 is 2.47 bits per heavy atom. The Labute approximate surface area is 132 Å². The van der Waals surface area contributed by atoms with E-state index in [9.17, 15) is 0 Å². The van der Waals surface area contributed by atoms with Crippen molar-refractivity contribution in [3.63, 3.8) is 0 Å². The van der Waals surface area contributed by atoms with Crippen LogP contribution in [0.1, 0.15) is 18.4 Å². The Bertz CT molecular complexity index is 438. The van der Waals surface area contributed by atoms with Crippen LogP contribution in [0.5, 0.6) is 0 Å². The van der Waals surface area contributed by atoms with E-state index in [1.165, 1.54) is 48.2 Å². The fraction of sp³-hybridized carbons (Fsp3) is 0.600. The molecule has 2 fully saturated rings. The number of rotatable bonds is 4.